The molecule has 0 N–H and O–H groups in total. The highest BCUT2D eigenvalue weighted by molar-refractivity contribution is 5.75. The van der Waals surface area contributed by atoms with Crippen molar-refractivity contribution in [2.75, 3.05) is 20.7 Å². The summed E-state index contributed by atoms with van der Waals surface area (Å²) in [6.07, 6.45) is 1.15. The van der Waals surface area contributed by atoms with Crippen LogP contribution in [0.2, 0.25) is 0 Å². The molecule has 0 saturated carbocycles. The summed E-state index contributed by atoms with van der Waals surface area (Å²) in [5, 5.41) is 8.71. The van der Waals surface area contributed by atoms with Crippen molar-refractivity contribution in [2.45, 2.75) is 12.8 Å². The normalized spacial score (nSPS) is 9.47. The van der Waals surface area contributed by atoms with Crippen molar-refractivity contribution in [2.24, 2.45) is 0 Å². The van der Waals surface area contributed by atoms with Gasteiger partial charge in [-0.05, 0) is 24.6 Å². The van der Waals surface area contributed by atoms with Gasteiger partial charge in [0.15, 0.2) is 0 Å². The van der Waals surface area contributed by atoms with E-state index in [0.717, 1.165) is 0 Å². The molecule has 0 radical (unpaired) electrons. The Labute approximate surface area is 101 Å². The maximum Gasteiger partial charge on any atom is 0.222 e. The lowest BCUT2D eigenvalue weighted by molar-refractivity contribution is -0.128. The molecule has 4 nitrogen and oxygen atoms in total. The fraction of sp³-hybridized carbons (Fsp3) is 0.385. The minimum atomic E-state index is 0.0966. The molecule has 0 spiro atoms. The van der Waals surface area contributed by atoms with Crippen LogP contribution in [0.25, 0.3) is 0 Å². The van der Waals surface area contributed by atoms with Crippen LogP contribution in [0.5, 0.6) is 5.75 Å². The highest BCUT2D eigenvalue weighted by Gasteiger charge is 2.03. The number of carbonyl (C=O) groups is 1. The van der Waals surface area contributed by atoms with E-state index in [-0.39, 0.29) is 5.91 Å². The molecular formula is C13H16N2O2. The standard InChI is InChI=1S/C13H16N2O2/c1-15(2)13(16)7-4-8-17-12-6-3-5-11(9-12)10-14/h3,5-6,9H,4,7-8H2,1-2H3. The number of ether oxygens (including phenoxy) is 1. The van der Waals surface area contributed by atoms with Gasteiger partial charge in [0, 0.05) is 20.5 Å². The van der Waals surface area contributed by atoms with Crippen LogP contribution in [-0.4, -0.2) is 31.5 Å². The third-order valence-electron chi connectivity index (χ3n) is 2.27. The third-order valence-corrected chi connectivity index (χ3v) is 2.27. The lowest BCUT2D eigenvalue weighted by Gasteiger charge is -2.10. The van der Waals surface area contributed by atoms with Gasteiger partial charge < -0.3 is 9.64 Å². The van der Waals surface area contributed by atoms with Crippen LogP contribution >= 0.6 is 0 Å². The smallest absolute Gasteiger partial charge is 0.222 e. The van der Waals surface area contributed by atoms with E-state index in [1.807, 2.05) is 0 Å². The molecule has 0 saturated heterocycles. The number of hydrogen-bond donors (Lipinski definition) is 0. The monoisotopic (exact) mass is 232 g/mol. The Bertz CT molecular complexity index is 422. The van der Waals surface area contributed by atoms with Crippen LogP contribution in [0.15, 0.2) is 24.3 Å². The van der Waals surface area contributed by atoms with Gasteiger partial charge in [0.05, 0.1) is 18.2 Å². The minimum absolute atomic E-state index is 0.0966. The maximum absolute atomic E-state index is 11.3. The summed E-state index contributed by atoms with van der Waals surface area (Å²) in [5.41, 5.74) is 0.576. The number of nitrogens with zero attached hydrogens (tertiary/aromatic N) is 2. The zero-order chi connectivity index (χ0) is 12.7. The van der Waals surface area contributed by atoms with Crippen LogP contribution in [0.4, 0.5) is 0 Å². The summed E-state index contributed by atoms with van der Waals surface area (Å²) in [5.74, 6) is 0.765. The average Bonchev–Trinajstić information content (AvgIpc) is 2.34. The lowest BCUT2D eigenvalue weighted by Crippen LogP contribution is -2.21. The van der Waals surface area contributed by atoms with Crippen LogP contribution in [0, 0.1) is 11.3 Å². The number of benzene rings is 1. The molecule has 1 rings (SSSR count). The van der Waals surface area contributed by atoms with Gasteiger partial charge in [-0.15, -0.1) is 0 Å². The van der Waals surface area contributed by atoms with Gasteiger partial charge >= 0.3 is 0 Å². The van der Waals surface area contributed by atoms with E-state index in [1.54, 1.807) is 43.3 Å². The number of nitriles is 1. The van der Waals surface area contributed by atoms with Crippen molar-refractivity contribution in [1.29, 1.82) is 5.26 Å². The Morgan fingerprint density at radius 2 is 2.24 bits per heavy atom. The SMILES string of the molecule is CN(C)C(=O)CCCOc1cccc(C#N)c1. The molecule has 0 unspecified atom stereocenters. The number of amides is 1. The van der Waals surface area contributed by atoms with Crippen molar-refractivity contribution in [3.8, 4) is 11.8 Å². The van der Waals surface area contributed by atoms with E-state index < -0.39 is 0 Å². The zero-order valence-corrected chi connectivity index (χ0v) is 10.1. The second-order valence-electron chi connectivity index (χ2n) is 3.88. The molecule has 1 amide bonds. The van der Waals surface area contributed by atoms with E-state index in [1.165, 1.54) is 0 Å². The summed E-state index contributed by atoms with van der Waals surface area (Å²) in [7, 11) is 3.47. The van der Waals surface area contributed by atoms with Crippen LogP contribution in [0.1, 0.15) is 18.4 Å². The molecule has 0 atom stereocenters. The highest BCUT2D eigenvalue weighted by atomic mass is 16.5. The van der Waals surface area contributed by atoms with Crippen molar-refractivity contribution in [3.63, 3.8) is 0 Å². The quantitative estimate of drug-likeness (QED) is 0.727. The molecule has 0 aliphatic carbocycles. The van der Waals surface area contributed by atoms with Gasteiger partial charge in [0.1, 0.15) is 5.75 Å². The predicted molar refractivity (Wildman–Crippen MR) is 64.6 cm³/mol. The largest absolute Gasteiger partial charge is 0.494 e. The highest BCUT2D eigenvalue weighted by Crippen LogP contribution is 2.12. The first-order valence-electron chi connectivity index (χ1n) is 5.46. The van der Waals surface area contributed by atoms with E-state index in [2.05, 4.69) is 6.07 Å². The van der Waals surface area contributed by atoms with Crippen molar-refractivity contribution in [3.05, 3.63) is 29.8 Å². The first kappa shape index (κ1) is 13.0. The van der Waals surface area contributed by atoms with Gasteiger partial charge in [-0.2, -0.15) is 5.26 Å². The minimum Gasteiger partial charge on any atom is -0.494 e. The summed E-state index contributed by atoms with van der Waals surface area (Å²) in [4.78, 5) is 12.8. The van der Waals surface area contributed by atoms with Gasteiger partial charge in [-0.1, -0.05) is 6.07 Å². The lowest BCUT2D eigenvalue weighted by atomic mass is 10.2. The summed E-state index contributed by atoms with van der Waals surface area (Å²) in [6.45, 7) is 0.481. The summed E-state index contributed by atoms with van der Waals surface area (Å²) >= 11 is 0. The van der Waals surface area contributed by atoms with Crippen LogP contribution in [-0.2, 0) is 4.79 Å². The van der Waals surface area contributed by atoms with Gasteiger partial charge in [0.25, 0.3) is 0 Å². The second kappa shape index (κ2) is 6.54. The van der Waals surface area contributed by atoms with Gasteiger partial charge in [0.2, 0.25) is 5.91 Å². The van der Waals surface area contributed by atoms with E-state index in [0.29, 0.717) is 30.8 Å². The van der Waals surface area contributed by atoms with E-state index in [4.69, 9.17) is 10.00 Å². The first-order valence-corrected chi connectivity index (χ1v) is 5.46. The molecule has 0 heterocycles. The van der Waals surface area contributed by atoms with Crippen LogP contribution in [0.3, 0.4) is 0 Å². The molecule has 0 fully saturated rings. The molecule has 0 aliphatic rings. The van der Waals surface area contributed by atoms with Gasteiger partial charge in [-0.25, -0.2) is 0 Å². The van der Waals surface area contributed by atoms with E-state index >= 15 is 0 Å². The zero-order valence-electron chi connectivity index (χ0n) is 10.1. The topological polar surface area (TPSA) is 53.3 Å². The van der Waals surface area contributed by atoms with Gasteiger partial charge in [-0.3, -0.25) is 4.79 Å². The molecule has 1 aromatic carbocycles. The van der Waals surface area contributed by atoms with E-state index in [9.17, 15) is 4.79 Å². The number of hydrogen-bond acceptors (Lipinski definition) is 3. The first-order chi connectivity index (χ1) is 8.13. The fourth-order valence-electron chi connectivity index (χ4n) is 1.29. The Morgan fingerprint density at radius 1 is 1.47 bits per heavy atom. The molecule has 0 bridgehead atoms. The number of carbonyl (C=O) groups excluding carboxylic acids is 1. The molecule has 90 valence electrons. The average molecular weight is 232 g/mol. The predicted octanol–water partition coefficient (Wildman–Crippen LogP) is 1.81. The summed E-state index contributed by atoms with van der Waals surface area (Å²) in [6, 6.07) is 9.04. The third kappa shape index (κ3) is 4.56. The molecule has 0 aromatic heterocycles. The molecule has 17 heavy (non-hydrogen) atoms. The molecular weight excluding hydrogens is 216 g/mol. The van der Waals surface area contributed by atoms with Crippen molar-refractivity contribution in [1.82, 2.24) is 4.90 Å². The van der Waals surface area contributed by atoms with Crippen molar-refractivity contribution >= 4 is 5.91 Å². The molecule has 0 aliphatic heterocycles. The number of rotatable bonds is 5. The summed E-state index contributed by atoms with van der Waals surface area (Å²) < 4.78 is 5.46. The van der Waals surface area contributed by atoms with Crippen LogP contribution < -0.4 is 4.74 Å². The Hall–Kier alpha value is -2.02. The second-order valence-corrected chi connectivity index (χ2v) is 3.88. The molecule has 1 aromatic rings. The Kier molecular flexibility index (Phi) is 5.02. The molecule has 4 heteroatoms. The van der Waals surface area contributed by atoms with Crippen molar-refractivity contribution < 1.29 is 9.53 Å². The Morgan fingerprint density at radius 3 is 2.88 bits per heavy atom. The Balaban J connectivity index is 2.31. The fourth-order valence-corrected chi connectivity index (χ4v) is 1.29. The maximum atomic E-state index is 11.3.